The van der Waals surface area contributed by atoms with Gasteiger partial charge < -0.3 is 15.2 Å². The van der Waals surface area contributed by atoms with Crippen LogP contribution in [0.4, 0.5) is 0 Å². The van der Waals surface area contributed by atoms with E-state index in [0.717, 1.165) is 19.5 Å². The van der Waals surface area contributed by atoms with E-state index in [1.807, 2.05) is 0 Å². The van der Waals surface area contributed by atoms with E-state index in [-0.39, 0.29) is 6.61 Å². The zero-order valence-corrected chi connectivity index (χ0v) is 11.1. The molecule has 0 heterocycles. The van der Waals surface area contributed by atoms with Crippen molar-refractivity contribution in [3.8, 4) is 0 Å². The molecule has 3 nitrogen and oxygen atoms in total. The molecule has 0 aliphatic rings. The molecule has 0 saturated carbocycles. The Labute approximate surface area is 114 Å². The lowest BCUT2D eigenvalue weighted by Crippen LogP contribution is -2.17. The second-order valence-corrected chi connectivity index (χ2v) is 4.50. The molecule has 2 aromatic carbocycles. The van der Waals surface area contributed by atoms with Crippen molar-refractivity contribution in [2.45, 2.75) is 13.0 Å². The molecular weight excluding hydrogens is 238 g/mol. The van der Waals surface area contributed by atoms with E-state index in [4.69, 9.17) is 9.84 Å². The fourth-order valence-electron chi connectivity index (χ4n) is 2.14. The molecule has 19 heavy (non-hydrogen) atoms. The van der Waals surface area contributed by atoms with Crippen LogP contribution < -0.4 is 5.32 Å². The maximum Gasteiger partial charge on any atom is 0.0697 e. The van der Waals surface area contributed by atoms with Crippen molar-refractivity contribution in [2.75, 3.05) is 26.4 Å². The Kier molecular flexibility index (Phi) is 5.82. The van der Waals surface area contributed by atoms with Crippen LogP contribution in [0.5, 0.6) is 0 Å². The van der Waals surface area contributed by atoms with Gasteiger partial charge in [-0.1, -0.05) is 42.5 Å². The van der Waals surface area contributed by atoms with Gasteiger partial charge in [0, 0.05) is 13.2 Å². The normalized spacial score (nSPS) is 11.0. The molecule has 0 fully saturated rings. The van der Waals surface area contributed by atoms with Crippen molar-refractivity contribution in [3.63, 3.8) is 0 Å². The summed E-state index contributed by atoms with van der Waals surface area (Å²) in [4.78, 5) is 0. The van der Waals surface area contributed by atoms with Crippen LogP contribution in [-0.4, -0.2) is 31.5 Å². The number of fused-ring (bicyclic) bond motifs is 1. The molecule has 0 unspecified atom stereocenters. The lowest BCUT2D eigenvalue weighted by molar-refractivity contribution is 0.0907. The highest BCUT2D eigenvalue weighted by molar-refractivity contribution is 5.85. The number of aliphatic hydroxyl groups excluding tert-OH is 1. The quantitative estimate of drug-likeness (QED) is 0.715. The van der Waals surface area contributed by atoms with Gasteiger partial charge in [-0.2, -0.15) is 0 Å². The van der Waals surface area contributed by atoms with Crippen LogP contribution in [0.3, 0.4) is 0 Å². The van der Waals surface area contributed by atoms with Crippen LogP contribution in [0.15, 0.2) is 42.5 Å². The smallest absolute Gasteiger partial charge is 0.0697 e. The van der Waals surface area contributed by atoms with Crippen LogP contribution >= 0.6 is 0 Å². The number of hydrogen-bond acceptors (Lipinski definition) is 3. The number of benzene rings is 2. The molecule has 2 aromatic rings. The third-order valence-corrected chi connectivity index (χ3v) is 3.07. The topological polar surface area (TPSA) is 41.5 Å². The zero-order chi connectivity index (χ0) is 13.3. The van der Waals surface area contributed by atoms with Crippen molar-refractivity contribution >= 4 is 10.8 Å². The average molecular weight is 259 g/mol. The molecule has 2 N–H and O–H groups in total. The van der Waals surface area contributed by atoms with E-state index in [2.05, 4.69) is 47.8 Å². The summed E-state index contributed by atoms with van der Waals surface area (Å²) in [7, 11) is 0. The summed E-state index contributed by atoms with van der Waals surface area (Å²) in [5, 5.41) is 14.6. The number of rotatable bonds is 8. The third-order valence-electron chi connectivity index (χ3n) is 3.07. The van der Waals surface area contributed by atoms with Crippen LogP contribution in [0.2, 0.25) is 0 Å². The van der Waals surface area contributed by atoms with E-state index in [9.17, 15) is 0 Å². The molecule has 0 bridgehead atoms. The van der Waals surface area contributed by atoms with Crippen molar-refractivity contribution in [1.29, 1.82) is 0 Å². The summed E-state index contributed by atoms with van der Waals surface area (Å²) in [5.74, 6) is 0. The summed E-state index contributed by atoms with van der Waals surface area (Å²) in [6.07, 6.45) is 0.963. The van der Waals surface area contributed by atoms with Gasteiger partial charge in [0.25, 0.3) is 0 Å². The van der Waals surface area contributed by atoms with E-state index >= 15 is 0 Å². The Morgan fingerprint density at radius 2 is 1.84 bits per heavy atom. The Bertz CT molecular complexity index is 494. The molecule has 0 spiro atoms. The highest BCUT2D eigenvalue weighted by atomic mass is 16.5. The molecule has 0 radical (unpaired) electrons. The first kappa shape index (κ1) is 14.0. The van der Waals surface area contributed by atoms with Gasteiger partial charge in [-0.25, -0.2) is 0 Å². The Morgan fingerprint density at radius 3 is 2.74 bits per heavy atom. The van der Waals surface area contributed by atoms with Crippen molar-refractivity contribution in [1.82, 2.24) is 5.32 Å². The summed E-state index contributed by atoms with van der Waals surface area (Å²) in [6.45, 7) is 3.03. The van der Waals surface area contributed by atoms with Gasteiger partial charge in [-0.3, -0.25) is 0 Å². The minimum absolute atomic E-state index is 0.101. The zero-order valence-electron chi connectivity index (χ0n) is 11.1. The Hall–Kier alpha value is -1.42. The van der Waals surface area contributed by atoms with Crippen LogP contribution in [0, 0.1) is 0 Å². The Balaban J connectivity index is 1.78. The first-order chi connectivity index (χ1) is 9.42. The molecule has 0 aliphatic carbocycles. The molecule has 0 aromatic heterocycles. The number of ether oxygens (including phenoxy) is 1. The Morgan fingerprint density at radius 1 is 1.00 bits per heavy atom. The molecule has 2 rings (SSSR count). The molecule has 0 amide bonds. The number of nitrogens with one attached hydrogen (secondary N) is 1. The monoisotopic (exact) mass is 259 g/mol. The molecular formula is C16H21NO2. The molecule has 0 saturated heterocycles. The maximum absolute atomic E-state index is 8.58. The largest absolute Gasteiger partial charge is 0.394 e. The lowest BCUT2D eigenvalue weighted by atomic mass is 10.0. The number of hydrogen-bond donors (Lipinski definition) is 2. The van der Waals surface area contributed by atoms with Crippen LogP contribution in [-0.2, 0) is 11.3 Å². The second-order valence-electron chi connectivity index (χ2n) is 4.50. The third kappa shape index (κ3) is 4.31. The van der Waals surface area contributed by atoms with Crippen molar-refractivity contribution in [3.05, 3.63) is 48.0 Å². The standard InChI is InChI=1S/C16H21NO2/c18-10-12-19-11-4-9-17-13-15-7-3-6-14-5-1-2-8-16(14)15/h1-3,5-8,17-18H,4,9-13H2. The summed E-state index contributed by atoms with van der Waals surface area (Å²) >= 11 is 0. The highest BCUT2D eigenvalue weighted by Gasteiger charge is 1.99. The van der Waals surface area contributed by atoms with Gasteiger partial charge in [-0.05, 0) is 29.3 Å². The van der Waals surface area contributed by atoms with Crippen molar-refractivity contribution < 1.29 is 9.84 Å². The van der Waals surface area contributed by atoms with Gasteiger partial charge in [0.1, 0.15) is 0 Å². The minimum Gasteiger partial charge on any atom is -0.394 e. The molecule has 3 heteroatoms. The fourth-order valence-corrected chi connectivity index (χ4v) is 2.14. The fraction of sp³-hybridized carbons (Fsp3) is 0.375. The average Bonchev–Trinajstić information content (AvgIpc) is 2.46. The summed E-state index contributed by atoms with van der Waals surface area (Å²) in [6, 6.07) is 14.9. The van der Waals surface area contributed by atoms with Crippen molar-refractivity contribution in [2.24, 2.45) is 0 Å². The van der Waals surface area contributed by atoms with Gasteiger partial charge >= 0.3 is 0 Å². The lowest BCUT2D eigenvalue weighted by Gasteiger charge is -2.08. The number of aliphatic hydroxyl groups is 1. The van der Waals surface area contributed by atoms with E-state index in [1.54, 1.807) is 0 Å². The minimum atomic E-state index is 0.101. The van der Waals surface area contributed by atoms with Crippen LogP contribution in [0.1, 0.15) is 12.0 Å². The van der Waals surface area contributed by atoms with E-state index in [0.29, 0.717) is 13.2 Å². The van der Waals surface area contributed by atoms with E-state index < -0.39 is 0 Å². The highest BCUT2D eigenvalue weighted by Crippen LogP contribution is 2.18. The van der Waals surface area contributed by atoms with Gasteiger partial charge in [0.15, 0.2) is 0 Å². The molecule has 102 valence electrons. The van der Waals surface area contributed by atoms with Gasteiger partial charge in [-0.15, -0.1) is 0 Å². The first-order valence-corrected chi connectivity index (χ1v) is 6.78. The molecule has 0 aliphatic heterocycles. The predicted molar refractivity (Wildman–Crippen MR) is 78.2 cm³/mol. The predicted octanol–water partition coefficient (Wildman–Crippen LogP) is 2.33. The molecule has 0 atom stereocenters. The summed E-state index contributed by atoms with van der Waals surface area (Å²) in [5.41, 5.74) is 1.33. The van der Waals surface area contributed by atoms with Crippen LogP contribution in [0.25, 0.3) is 10.8 Å². The summed E-state index contributed by atoms with van der Waals surface area (Å²) < 4.78 is 5.22. The maximum atomic E-state index is 8.58. The van der Waals surface area contributed by atoms with Gasteiger partial charge in [0.2, 0.25) is 0 Å². The SMILES string of the molecule is OCCOCCCNCc1cccc2ccccc12. The first-order valence-electron chi connectivity index (χ1n) is 6.78. The van der Waals surface area contributed by atoms with Gasteiger partial charge in [0.05, 0.1) is 13.2 Å². The van der Waals surface area contributed by atoms with E-state index in [1.165, 1.54) is 16.3 Å². The second kappa shape index (κ2) is 7.89.